The summed E-state index contributed by atoms with van der Waals surface area (Å²) in [4.78, 5) is 24.8. The predicted molar refractivity (Wildman–Crippen MR) is 116 cm³/mol. The summed E-state index contributed by atoms with van der Waals surface area (Å²) in [6.45, 7) is 0. The average molecular weight is 444 g/mol. The number of hydrogen-bond donors (Lipinski definition) is 1. The van der Waals surface area contributed by atoms with Crippen molar-refractivity contribution in [3.05, 3.63) is 70.9 Å². The largest absolute Gasteiger partial charge is 0.493 e. The van der Waals surface area contributed by atoms with Crippen molar-refractivity contribution in [2.75, 3.05) is 21.3 Å². The highest BCUT2D eigenvalue weighted by atomic mass is 35.5. The smallest absolute Gasteiger partial charge is 0.307 e. The Hall–Kier alpha value is -3.45. The molecule has 1 atom stereocenters. The van der Waals surface area contributed by atoms with Crippen LogP contribution in [0.5, 0.6) is 11.5 Å². The first kappa shape index (κ1) is 22.2. The van der Waals surface area contributed by atoms with Crippen LogP contribution in [0, 0.1) is 0 Å². The van der Waals surface area contributed by atoms with Crippen molar-refractivity contribution < 1.29 is 28.2 Å². The molecule has 3 aromatic rings. The lowest BCUT2D eigenvalue weighted by atomic mass is 10.0. The number of ether oxygens (including phenoxy) is 3. The number of nitrogens with one attached hydrogen (secondary N) is 1. The van der Waals surface area contributed by atoms with Crippen LogP contribution >= 0.6 is 11.6 Å². The van der Waals surface area contributed by atoms with Crippen molar-refractivity contribution in [3.63, 3.8) is 0 Å². The molecule has 0 aliphatic rings. The number of methoxy groups -OCH3 is 3. The molecule has 8 heteroatoms. The van der Waals surface area contributed by atoms with Crippen LogP contribution in [0.3, 0.4) is 0 Å². The van der Waals surface area contributed by atoms with Gasteiger partial charge in [0, 0.05) is 5.56 Å². The van der Waals surface area contributed by atoms with Gasteiger partial charge < -0.3 is 23.9 Å². The van der Waals surface area contributed by atoms with Crippen LogP contribution in [0.1, 0.15) is 28.6 Å². The second-order valence-electron chi connectivity index (χ2n) is 6.56. The van der Waals surface area contributed by atoms with Gasteiger partial charge in [0.25, 0.3) is 5.91 Å². The molecule has 3 rings (SSSR count). The van der Waals surface area contributed by atoms with Crippen LogP contribution in [0.4, 0.5) is 0 Å². The summed E-state index contributed by atoms with van der Waals surface area (Å²) in [7, 11) is 4.32. The highest BCUT2D eigenvalue weighted by molar-refractivity contribution is 6.33. The maximum atomic E-state index is 12.9. The minimum absolute atomic E-state index is 0.0736. The summed E-state index contributed by atoms with van der Waals surface area (Å²) in [6.07, 6.45) is -0.0736. The van der Waals surface area contributed by atoms with Gasteiger partial charge in [-0.3, -0.25) is 9.59 Å². The molecule has 0 fully saturated rings. The third-order valence-corrected chi connectivity index (χ3v) is 5.01. The van der Waals surface area contributed by atoms with Crippen molar-refractivity contribution in [3.8, 4) is 22.8 Å². The summed E-state index contributed by atoms with van der Waals surface area (Å²) >= 11 is 6.20. The molecule has 0 aliphatic heterocycles. The number of carbonyl (C=O) groups is 2. The molecular formula is C23H22ClNO6. The molecule has 1 N–H and O–H groups in total. The number of furan rings is 1. The molecule has 1 heterocycles. The molecule has 1 unspecified atom stereocenters. The highest BCUT2D eigenvalue weighted by Gasteiger charge is 2.23. The average Bonchev–Trinajstić information content (AvgIpc) is 3.28. The molecule has 0 saturated carbocycles. The van der Waals surface area contributed by atoms with E-state index < -0.39 is 17.9 Å². The van der Waals surface area contributed by atoms with Gasteiger partial charge in [0.2, 0.25) is 0 Å². The minimum atomic E-state index is -0.673. The van der Waals surface area contributed by atoms with E-state index in [0.29, 0.717) is 33.4 Å². The second-order valence-corrected chi connectivity index (χ2v) is 6.97. The Morgan fingerprint density at radius 2 is 1.74 bits per heavy atom. The summed E-state index contributed by atoms with van der Waals surface area (Å²) in [5, 5.41) is 3.33. The number of benzene rings is 2. The molecule has 162 valence electrons. The fourth-order valence-corrected chi connectivity index (χ4v) is 3.30. The van der Waals surface area contributed by atoms with Gasteiger partial charge in [-0.1, -0.05) is 29.8 Å². The van der Waals surface area contributed by atoms with Crippen LogP contribution in [-0.2, 0) is 9.53 Å². The van der Waals surface area contributed by atoms with Crippen molar-refractivity contribution in [1.82, 2.24) is 5.32 Å². The van der Waals surface area contributed by atoms with Gasteiger partial charge in [-0.25, -0.2) is 0 Å². The quantitative estimate of drug-likeness (QED) is 0.510. The van der Waals surface area contributed by atoms with Gasteiger partial charge in [-0.15, -0.1) is 0 Å². The van der Waals surface area contributed by atoms with E-state index in [9.17, 15) is 9.59 Å². The number of esters is 1. The van der Waals surface area contributed by atoms with Crippen LogP contribution < -0.4 is 14.8 Å². The number of amides is 1. The molecule has 7 nitrogen and oxygen atoms in total. The molecular weight excluding hydrogens is 422 g/mol. The zero-order valence-electron chi connectivity index (χ0n) is 17.3. The van der Waals surface area contributed by atoms with E-state index in [-0.39, 0.29) is 12.2 Å². The number of halogens is 1. The molecule has 31 heavy (non-hydrogen) atoms. The lowest BCUT2D eigenvalue weighted by molar-refractivity contribution is -0.141. The molecule has 1 aromatic heterocycles. The van der Waals surface area contributed by atoms with Crippen molar-refractivity contribution in [1.29, 1.82) is 0 Å². The van der Waals surface area contributed by atoms with Gasteiger partial charge in [-0.05, 0) is 42.0 Å². The molecule has 0 bridgehead atoms. The molecule has 0 spiro atoms. The third-order valence-electron chi connectivity index (χ3n) is 4.68. The number of carbonyl (C=O) groups excluding carboxylic acids is 2. The zero-order chi connectivity index (χ0) is 22.4. The van der Waals surface area contributed by atoms with Gasteiger partial charge in [-0.2, -0.15) is 0 Å². The monoisotopic (exact) mass is 443 g/mol. The van der Waals surface area contributed by atoms with Crippen molar-refractivity contribution >= 4 is 23.5 Å². The van der Waals surface area contributed by atoms with E-state index in [2.05, 4.69) is 5.32 Å². The highest BCUT2D eigenvalue weighted by Crippen LogP contribution is 2.32. The first-order chi connectivity index (χ1) is 15.0. The third kappa shape index (κ3) is 5.19. The van der Waals surface area contributed by atoms with Gasteiger partial charge in [0.15, 0.2) is 17.3 Å². The first-order valence-electron chi connectivity index (χ1n) is 9.41. The molecule has 2 aromatic carbocycles. The molecule has 0 saturated heterocycles. The summed E-state index contributed by atoms with van der Waals surface area (Å²) < 4.78 is 21.1. The first-order valence-corrected chi connectivity index (χ1v) is 9.79. The van der Waals surface area contributed by atoms with Crippen LogP contribution in [-0.4, -0.2) is 33.2 Å². The van der Waals surface area contributed by atoms with Crippen molar-refractivity contribution in [2.24, 2.45) is 0 Å². The number of hydrogen-bond acceptors (Lipinski definition) is 6. The Morgan fingerprint density at radius 3 is 2.42 bits per heavy atom. The van der Waals surface area contributed by atoms with Gasteiger partial charge >= 0.3 is 5.97 Å². The Balaban J connectivity index is 1.86. The molecule has 0 aliphatic carbocycles. The normalized spacial score (nSPS) is 11.5. The topological polar surface area (TPSA) is 87.0 Å². The van der Waals surface area contributed by atoms with Gasteiger partial charge in [0.1, 0.15) is 5.76 Å². The Kier molecular flexibility index (Phi) is 7.20. The van der Waals surface area contributed by atoms with Gasteiger partial charge in [0.05, 0.1) is 38.8 Å². The van der Waals surface area contributed by atoms with Crippen molar-refractivity contribution in [2.45, 2.75) is 12.5 Å². The SMILES string of the molecule is COC(=O)CC(NC(=O)c1ccc(-c2ccccc2Cl)o1)c1ccc(OC)c(OC)c1. The summed E-state index contributed by atoms with van der Waals surface area (Å²) in [5.74, 6) is 0.600. The predicted octanol–water partition coefficient (Wildman–Crippen LogP) is 4.65. The summed E-state index contributed by atoms with van der Waals surface area (Å²) in [6, 6.07) is 14.9. The Bertz CT molecular complexity index is 1080. The van der Waals surface area contributed by atoms with Crippen LogP contribution in [0.25, 0.3) is 11.3 Å². The second kappa shape index (κ2) is 10.0. The maximum Gasteiger partial charge on any atom is 0.307 e. The standard InChI is InChI=1S/C23H22ClNO6/c1-28-19-9-8-14(12-21(19)29-2)17(13-22(26)30-3)25-23(27)20-11-10-18(31-20)15-6-4-5-7-16(15)24/h4-12,17H,13H2,1-3H3,(H,25,27). The van der Waals surface area contributed by atoms with E-state index in [1.807, 2.05) is 12.1 Å². The van der Waals surface area contributed by atoms with Crippen LogP contribution in [0.15, 0.2) is 59.0 Å². The molecule has 1 amide bonds. The van der Waals surface area contributed by atoms with E-state index >= 15 is 0 Å². The van der Waals surface area contributed by atoms with Crippen LogP contribution in [0.2, 0.25) is 5.02 Å². The zero-order valence-corrected chi connectivity index (χ0v) is 18.1. The fraction of sp³-hybridized carbons (Fsp3) is 0.217. The fourth-order valence-electron chi connectivity index (χ4n) is 3.07. The lowest BCUT2D eigenvalue weighted by Crippen LogP contribution is -2.30. The van der Waals surface area contributed by atoms with E-state index in [1.54, 1.807) is 42.5 Å². The van der Waals surface area contributed by atoms with E-state index in [0.717, 1.165) is 0 Å². The molecule has 0 radical (unpaired) electrons. The van der Waals surface area contributed by atoms with E-state index in [4.69, 9.17) is 30.2 Å². The summed E-state index contributed by atoms with van der Waals surface area (Å²) in [5.41, 5.74) is 1.32. The Labute approximate surface area is 184 Å². The van der Waals surface area contributed by atoms with E-state index in [1.165, 1.54) is 21.3 Å². The lowest BCUT2D eigenvalue weighted by Gasteiger charge is -2.19. The minimum Gasteiger partial charge on any atom is -0.493 e. The Morgan fingerprint density at radius 1 is 1.00 bits per heavy atom. The number of rotatable bonds is 8. The maximum absolute atomic E-state index is 12.9.